The fourth-order valence-corrected chi connectivity index (χ4v) is 4.83. The Morgan fingerprint density at radius 2 is 2.10 bits per heavy atom. The highest BCUT2D eigenvalue weighted by Gasteiger charge is 2.20. The predicted octanol–water partition coefficient (Wildman–Crippen LogP) is 2.07. The first-order valence-corrected chi connectivity index (χ1v) is 9.20. The molecular formula is C14H17N3O2S2. The van der Waals surface area contributed by atoms with Gasteiger partial charge in [0.2, 0.25) is 10.0 Å². The number of nitrogens with zero attached hydrogens (tertiary/aromatic N) is 2. The molecule has 112 valence electrons. The number of likely N-dealkylation sites (N-methyl/N-ethyl adjacent to an activating group) is 1. The van der Waals surface area contributed by atoms with Gasteiger partial charge >= 0.3 is 0 Å². The van der Waals surface area contributed by atoms with Crippen LogP contribution in [0.2, 0.25) is 0 Å². The van der Waals surface area contributed by atoms with Gasteiger partial charge in [0.15, 0.2) is 5.13 Å². The summed E-state index contributed by atoms with van der Waals surface area (Å²) in [6.45, 7) is 1.81. The standard InChI is InChI=1S/C14H17N3O2S2/c1-17-8-7-12-13(9-17)20-14(15-12)16-21(18,19)10-11-5-3-2-4-6-11/h2-6H,7-10H2,1H3,(H,15,16). The van der Waals surface area contributed by atoms with Gasteiger partial charge < -0.3 is 4.90 Å². The van der Waals surface area contributed by atoms with Crippen LogP contribution in [0.25, 0.3) is 0 Å². The summed E-state index contributed by atoms with van der Waals surface area (Å²) in [5, 5.41) is 0.478. The number of thiazole rings is 1. The zero-order valence-corrected chi connectivity index (χ0v) is 13.4. The first kappa shape index (κ1) is 14.5. The number of anilines is 1. The Balaban J connectivity index is 1.74. The van der Waals surface area contributed by atoms with E-state index < -0.39 is 10.0 Å². The van der Waals surface area contributed by atoms with Crippen molar-refractivity contribution in [3.8, 4) is 0 Å². The summed E-state index contributed by atoms with van der Waals surface area (Å²) in [5.74, 6) is -0.0298. The average Bonchev–Trinajstić information content (AvgIpc) is 2.79. The minimum absolute atomic E-state index is 0.0298. The van der Waals surface area contributed by atoms with Gasteiger partial charge in [-0.05, 0) is 12.6 Å². The fraction of sp³-hybridized carbons (Fsp3) is 0.357. The van der Waals surface area contributed by atoms with Gasteiger partial charge in [-0.3, -0.25) is 4.72 Å². The molecule has 1 aromatic carbocycles. The highest BCUT2D eigenvalue weighted by molar-refractivity contribution is 7.92. The molecular weight excluding hydrogens is 306 g/mol. The normalized spacial score (nSPS) is 15.7. The molecule has 0 atom stereocenters. The van der Waals surface area contributed by atoms with Crippen LogP contribution >= 0.6 is 11.3 Å². The van der Waals surface area contributed by atoms with Crippen molar-refractivity contribution in [2.24, 2.45) is 0 Å². The van der Waals surface area contributed by atoms with Crippen LogP contribution in [-0.4, -0.2) is 31.9 Å². The minimum atomic E-state index is -3.42. The number of fused-ring (bicyclic) bond motifs is 1. The third-order valence-electron chi connectivity index (χ3n) is 3.36. The van der Waals surface area contributed by atoms with Crippen molar-refractivity contribution in [2.75, 3.05) is 18.3 Å². The molecule has 3 rings (SSSR count). The molecule has 1 aliphatic heterocycles. The fourth-order valence-electron chi connectivity index (χ4n) is 2.33. The van der Waals surface area contributed by atoms with Crippen LogP contribution in [0.3, 0.4) is 0 Å². The summed E-state index contributed by atoms with van der Waals surface area (Å²) in [7, 11) is -1.36. The van der Waals surface area contributed by atoms with Crippen molar-refractivity contribution in [1.82, 2.24) is 9.88 Å². The zero-order valence-electron chi connectivity index (χ0n) is 11.7. The Labute approximate surface area is 128 Å². The summed E-state index contributed by atoms with van der Waals surface area (Å²) >= 11 is 1.43. The van der Waals surface area contributed by atoms with E-state index >= 15 is 0 Å². The molecule has 0 radical (unpaired) electrons. The molecule has 0 amide bonds. The van der Waals surface area contributed by atoms with Crippen molar-refractivity contribution in [1.29, 1.82) is 0 Å². The van der Waals surface area contributed by atoms with Crippen LogP contribution in [0.5, 0.6) is 0 Å². The van der Waals surface area contributed by atoms with Gasteiger partial charge in [-0.15, -0.1) is 0 Å². The van der Waals surface area contributed by atoms with Crippen LogP contribution in [0.15, 0.2) is 30.3 Å². The number of aromatic nitrogens is 1. The van der Waals surface area contributed by atoms with Crippen molar-refractivity contribution in [3.05, 3.63) is 46.5 Å². The van der Waals surface area contributed by atoms with Crippen LogP contribution in [0, 0.1) is 0 Å². The lowest BCUT2D eigenvalue weighted by Gasteiger charge is -2.20. The highest BCUT2D eigenvalue weighted by Crippen LogP contribution is 2.28. The second-order valence-electron chi connectivity index (χ2n) is 5.22. The number of sulfonamides is 1. The van der Waals surface area contributed by atoms with E-state index in [4.69, 9.17) is 0 Å². The molecule has 1 N–H and O–H groups in total. The quantitative estimate of drug-likeness (QED) is 0.936. The molecule has 0 saturated carbocycles. The van der Waals surface area contributed by atoms with Crippen molar-refractivity contribution in [3.63, 3.8) is 0 Å². The molecule has 0 unspecified atom stereocenters. The SMILES string of the molecule is CN1CCc2nc(NS(=O)(=O)Cc3ccccc3)sc2C1. The number of benzene rings is 1. The molecule has 0 aliphatic carbocycles. The van der Waals surface area contributed by atoms with Crippen molar-refractivity contribution < 1.29 is 8.42 Å². The molecule has 1 aliphatic rings. The largest absolute Gasteiger partial charge is 0.301 e. The Morgan fingerprint density at radius 1 is 1.33 bits per heavy atom. The third kappa shape index (κ3) is 3.61. The van der Waals surface area contributed by atoms with Crippen LogP contribution in [-0.2, 0) is 28.7 Å². The van der Waals surface area contributed by atoms with Crippen LogP contribution < -0.4 is 4.72 Å². The Kier molecular flexibility index (Phi) is 3.97. The Hall–Kier alpha value is -1.44. The van der Waals surface area contributed by atoms with E-state index in [1.165, 1.54) is 11.3 Å². The number of rotatable bonds is 4. The van der Waals surface area contributed by atoms with E-state index in [1.54, 1.807) is 12.1 Å². The van der Waals surface area contributed by atoms with Gasteiger partial charge in [-0.25, -0.2) is 13.4 Å². The molecule has 1 aromatic heterocycles. The molecule has 7 heteroatoms. The highest BCUT2D eigenvalue weighted by atomic mass is 32.2. The van der Waals surface area contributed by atoms with Crippen LogP contribution in [0.4, 0.5) is 5.13 Å². The van der Waals surface area contributed by atoms with Crippen molar-refractivity contribution >= 4 is 26.5 Å². The molecule has 21 heavy (non-hydrogen) atoms. The summed E-state index contributed by atoms with van der Waals surface area (Å²) in [6, 6.07) is 9.16. The average molecular weight is 323 g/mol. The van der Waals surface area contributed by atoms with Gasteiger partial charge in [0, 0.05) is 24.4 Å². The number of nitrogens with one attached hydrogen (secondary N) is 1. The summed E-state index contributed by atoms with van der Waals surface area (Å²) in [4.78, 5) is 7.78. The summed E-state index contributed by atoms with van der Waals surface area (Å²) in [6.07, 6.45) is 0.878. The van der Waals surface area contributed by atoms with Gasteiger partial charge in [0.05, 0.1) is 11.4 Å². The Morgan fingerprint density at radius 3 is 2.86 bits per heavy atom. The second kappa shape index (κ2) is 5.75. The predicted molar refractivity (Wildman–Crippen MR) is 84.8 cm³/mol. The van der Waals surface area contributed by atoms with Crippen LogP contribution in [0.1, 0.15) is 16.1 Å². The van der Waals surface area contributed by atoms with Gasteiger partial charge in [0.1, 0.15) is 0 Å². The van der Waals surface area contributed by atoms with Crippen molar-refractivity contribution in [2.45, 2.75) is 18.7 Å². The molecule has 2 heterocycles. The lowest BCUT2D eigenvalue weighted by molar-refractivity contribution is 0.314. The topological polar surface area (TPSA) is 62.3 Å². The van der Waals surface area contributed by atoms with E-state index in [2.05, 4.69) is 21.7 Å². The van der Waals surface area contributed by atoms with E-state index in [0.717, 1.165) is 35.6 Å². The third-order valence-corrected chi connectivity index (χ3v) is 5.71. The van der Waals surface area contributed by atoms with E-state index in [1.807, 2.05) is 18.2 Å². The molecule has 5 nitrogen and oxygen atoms in total. The van der Waals surface area contributed by atoms with E-state index in [9.17, 15) is 8.42 Å². The first-order valence-electron chi connectivity index (χ1n) is 6.73. The van der Waals surface area contributed by atoms with Gasteiger partial charge in [0.25, 0.3) is 0 Å². The molecule has 0 spiro atoms. The lowest BCUT2D eigenvalue weighted by atomic mass is 10.2. The van der Waals surface area contributed by atoms with Gasteiger partial charge in [-0.2, -0.15) is 0 Å². The van der Waals surface area contributed by atoms with Gasteiger partial charge in [-0.1, -0.05) is 41.7 Å². The lowest BCUT2D eigenvalue weighted by Crippen LogP contribution is -2.25. The Bertz CT molecular complexity index is 726. The summed E-state index contributed by atoms with van der Waals surface area (Å²) < 4.78 is 27.0. The number of hydrogen-bond donors (Lipinski definition) is 1. The maximum absolute atomic E-state index is 12.2. The maximum Gasteiger partial charge on any atom is 0.238 e. The number of hydrogen-bond acceptors (Lipinski definition) is 5. The van der Waals surface area contributed by atoms with E-state index in [0.29, 0.717) is 5.13 Å². The molecule has 2 aromatic rings. The first-order chi connectivity index (χ1) is 10.0. The smallest absolute Gasteiger partial charge is 0.238 e. The zero-order chi connectivity index (χ0) is 14.9. The minimum Gasteiger partial charge on any atom is -0.301 e. The summed E-state index contributed by atoms with van der Waals surface area (Å²) in [5.41, 5.74) is 1.79. The molecule has 0 saturated heterocycles. The second-order valence-corrected chi connectivity index (χ2v) is 8.03. The monoisotopic (exact) mass is 323 g/mol. The van der Waals surface area contributed by atoms with E-state index in [-0.39, 0.29) is 5.75 Å². The molecule has 0 fully saturated rings. The molecule has 0 bridgehead atoms. The maximum atomic E-state index is 12.2.